The third-order valence-corrected chi connectivity index (χ3v) is 4.37. The van der Waals surface area contributed by atoms with Crippen LogP contribution in [0.5, 0.6) is 0 Å². The lowest BCUT2D eigenvalue weighted by molar-refractivity contribution is 0.685. The molecule has 3 nitrogen and oxygen atoms in total. The van der Waals surface area contributed by atoms with Crippen LogP contribution in [-0.4, -0.2) is 9.97 Å². The van der Waals surface area contributed by atoms with Crippen LogP contribution in [0.2, 0.25) is 0 Å². The highest BCUT2D eigenvalue weighted by atomic mass is 32.1. The molecule has 0 atom stereocenters. The van der Waals surface area contributed by atoms with Gasteiger partial charge in [-0.1, -0.05) is 6.92 Å². The lowest BCUT2D eigenvalue weighted by Crippen LogP contribution is -2.20. The summed E-state index contributed by atoms with van der Waals surface area (Å²) in [4.78, 5) is 10.4. The standard InChI is InChI=1S/C12H15N3S/c1-2-8-3-4-10(16-8)9-7-14-11(15-9)12(13)5-6-12/h3-4,7H,2,5-6,13H2,1H3,(H,14,15). The van der Waals surface area contributed by atoms with Crippen LogP contribution >= 0.6 is 11.3 Å². The predicted molar refractivity (Wildman–Crippen MR) is 66.4 cm³/mol. The molecule has 1 fully saturated rings. The molecule has 0 bridgehead atoms. The number of hydrogen-bond donors (Lipinski definition) is 2. The average molecular weight is 233 g/mol. The van der Waals surface area contributed by atoms with Crippen LogP contribution in [0, 0.1) is 0 Å². The Morgan fingerprint density at radius 2 is 2.31 bits per heavy atom. The Labute approximate surface area is 98.7 Å². The van der Waals surface area contributed by atoms with E-state index in [1.807, 2.05) is 17.5 Å². The van der Waals surface area contributed by atoms with Gasteiger partial charge >= 0.3 is 0 Å². The van der Waals surface area contributed by atoms with Crippen molar-refractivity contribution >= 4 is 11.3 Å². The zero-order chi connectivity index (χ0) is 11.2. The molecule has 1 aliphatic carbocycles. The molecule has 4 heteroatoms. The maximum atomic E-state index is 6.10. The van der Waals surface area contributed by atoms with Crippen molar-refractivity contribution in [1.82, 2.24) is 9.97 Å². The van der Waals surface area contributed by atoms with Crippen LogP contribution < -0.4 is 5.73 Å². The van der Waals surface area contributed by atoms with Crippen molar-refractivity contribution in [2.24, 2.45) is 5.73 Å². The van der Waals surface area contributed by atoms with Gasteiger partial charge in [0.05, 0.1) is 22.3 Å². The number of aryl methyl sites for hydroxylation is 1. The summed E-state index contributed by atoms with van der Waals surface area (Å²) in [6.07, 6.45) is 5.08. The Bertz CT molecular complexity index is 508. The fourth-order valence-electron chi connectivity index (χ4n) is 1.78. The normalized spacial score (nSPS) is 17.6. The molecule has 2 aromatic rings. The molecule has 0 aliphatic heterocycles. The number of thiophene rings is 1. The largest absolute Gasteiger partial charge is 0.340 e. The summed E-state index contributed by atoms with van der Waals surface area (Å²) in [7, 11) is 0. The van der Waals surface area contributed by atoms with Gasteiger partial charge in [-0.15, -0.1) is 11.3 Å². The summed E-state index contributed by atoms with van der Waals surface area (Å²) in [5, 5.41) is 0. The van der Waals surface area contributed by atoms with Crippen molar-refractivity contribution in [1.29, 1.82) is 0 Å². The van der Waals surface area contributed by atoms with Gasteiger partial charge in [0.25, 0.3) is 0 Å². The Balaban J connectivity index is 1.92. The van der Waals surface area contributed by atoms with Crippen molar-refractivity contribution in [2.75, 3.05) is 0 Å². The first-order valence-electron chi connectivity index (χ1n) is 5.65. The van der Waals surface area contributed by atoms with Crippen LogP contribution in [0.25, 0.3) is 10.6 Å². The van der Waals surface area contributed by atoms with Gasteiger partial charge in [-0.05, 0) is 31.4 Å². The average Bonchev–Trinajstić information content (AvgIpc) is 2.80. The first-order chi connectivity index (χ1) is 7.71. The molecule has 84 valence electrons. The Morgan fingerprint density at radius 3 is 2.94 bits per heavy atom. The number of nitrogens with one attached hydrogen (secondary N) is 1. The maximum Gasteiger partial charge on any atom is 0.126 e. The Hall–Kier alpha value is -1.13. The molecule has 2 aromatic heterocycles. The van der Waals surface area contributed by atoms with E-state index in [-0.39, 0.29) is 5.54 Å². The van der Waals surface area contributed by atoms with Crippen molar-refractivity contribution in [3.05, 3.63) is 29.0 Å². The molecule has 1 aliphatic rings. The Kier molecular flexibility index (Phi) is 2.16. The fraction of sp³-hybridized carbons (Fsp3) is 0.417. The van der Waals surface area contributed by atoms with Gasteiger partial charge in [0, 0.05) is 4.88 Å². The van der Waals surface area contributed by atoms with E-state index in [0.717, 1.165) is 30.8 Å². The second-order valence-corrected chi connectivity index (χ2v) is 5.59. The maximum absolute atomic E-state index is 6.10. The highest BCUT2D eigenvalue weighted by Crippen LogP contribution is 2.41. The number of H-pyrrole nitrogens is 1. The topological polar surface area (TPSA) is 54.7 Å². The summed E-state index contributed by atoms with van der Waals surface area (Å²) >= 11 is 1.82. The molecular formula is C12H15N3S. The molecule has 0 spiro atoms. The number of imidazole rings is 1. The van der Waals surface area contributed by atoms with Gasteiger partial charge in [0.2, 0.25) is 0 Å². The number of nitrogens with two attached hydrogens (primary N) is 1. The van der Waals surface area contributed by atoms with Gasteiger partial charge < -0.3 is 10.7 Å². The first kappa shape index (κ1) is 10.1. The molecule has 0 unspecified atom stereocenters. The van der Waals surface area contributed by atoms with E-state index < -0.39 is 0 Å². The van der Waals surface area contributed by atoms with Crippen LogP contribution in [0.15, 0.2) is 18.3 Å². The molecule has 1 saturated carbocycles. The fourth-order valence-corrected chi connectivity index (χ4v) is 2.70. The van der Waals surface area contributed by atoms with Crippen LogP contribution in [0.4, 0.5) is 0 Å². The summed E-state index contributed by atoms with van der Waals surface area (Å²) in [6, 6.07) is 4.33. The van der Waals surface area contributed by atoms with E-state index in [2.05, 4.69) is 29.0 Å². The van der Waals surface area contributed by atoms with E-state index in [0.29, 0.717) is 0 Å². The van der Waals surface area contributed by atoms with E-state index in [1.54, 1.807) is 0 Å². The third kappa shape index (κ3) is 1.58. The molecule has 0 radical (unpaired) electrons. The lowest BCUT2D eigenvalue weighted by Gasteiger charge is -2.02. The van der Waals surface area contributed by atoms with Gasteiger partial charge in [-0.2, -0.15) is 0 Å². The van der Waals surface area contributed by atoms with Crippen molar-refractivity contribution < 1.29 is 0 Å². The van der Waals surface area contributed by atoms with Gasteiger partial charge in [-0.3, -0.25) is 0 Å². The Morgan fingerprint density at radius 1 is 1.50 bits per heavy atom. The van der Waals surface area contributed by atoms with Crippen molar-refractivity contribution in [2.45, 2.75) is 31.7 Å². The molecule has 3 rings (SSSR count). The quantitative estimate of drug-likeness (QED) is 0.856. The molecule has 3 N–H and O–H groups in total. The molecule has 0 amide bonds. The molecule has 2 heterocycles. The molecule has 0 aromatic carbocycles. The van der Waals surface area contributed by atoms with Crippen molar-refractivity contribution in [3.8, 4) is 10.6 Å². The minimum absolute atomic E-state index is 0.164. The number of rotatable bonds is 3. The monoisotopic (exact) mass is 233 g/mol. The van der Waals surface area contributed by atoms with E-state index >= 15 is 0 Å². The zero-order valence-electron chi connectivity index (χ0n) is 9.29. The number of aromatic nitrogens is 2. The number of hydrogen-bond acceptors (Lipinski definition) is 3. The van der Waals surface area contributed by atoms with Gasteiger partial charge in [0.15, 0.2) is 0 Å². The smallest absolute Gasteiger partial charge is 0.126 e. The summed E-state index contributed by atoms with van der Waals surface area (Å²) in [6.45, 7) is 2.17. The SMILES string of the molecule is CCc1ccc(-c2cnc(C3(N)CC3)[nH]2)s1. The molecule has 0 saturated heterocycles. The van der Waals surface area contributed by atoms with Gasteiger partial charge in [-0.25, -0.2) is 4.98 Å². The minimum atomic E-state index is -0.164. The van der Waals surface area contributed by atoms with Crippen LogP contribution in [-0.2, 0) is 12.0 Å². The highest BCUT2D eigenvalue weighted by Gasteiger charge is 2.42. The third-order valence-electron chi connectivity index (χ3n) is 3.11. The summed E-state index contributed by atoms with van der Waals surface area (Å²) < 4.78 is 0. The van der Waals surface area contributed by atoms with Crippen LogP contribution in [0.3, 0.4) is 0 Å². The molecule has 16 heavy (non-hydrogen) atoms. The predicted octanol–water partition coefficient (Wildman–Crippen LogP) is 2.65. The second-order valence-electron chi connectivity index (χ2n) is 4.42. The van der Waals surface area contributed by atoms with E-state index in [1.165, 1.54) is 9.75 Å². The van der Waals surface area contributed by atoms with Gasteiger partial charge in [0.1, 0.15) is 5.82 Å². The number of aromatic amines is 1. The number of nitrogens with zero attached hydrogens (tertiary/aromatic N) is 1. The van der Waals surface area contributed by atoms with Crippen LogP contribution in [0.1, 0.15) is 30.5 Å². The highest BCUT2D eigenvalue weighted by molar-refractivity contribution is 7.15. The van der Waals surface area contributed by atoms with E-state index in [9.17, 15) is 0 Å². The van der Waals surface area contributed by atoms with Crippen molar-refractivity contribution in [3.63, 3.8) is 0 Å². The molecular weight excluding hydrogens is 218 g/mol. The summed E-state index contributed by atoms with van der Waals surface area (Å²) in [5.41, 5.74) is 7.03. The second kappa shape index (κ2) is 3.43. The summed E-state index contributed by atoms with van der Waals surface area (Å²) in [5.74, 6) is 0.939. The first-order valence-corrected chi connectivity index (χ1v) is 6.46. The zero-order valence-corrected chi connectivity index (χ0v) is 10.1. The minimum Gasteiger partial charge on any atom is -0.340 e. The lowest BCUT2D eigenvalue weighted by atomic mass is 10.3. The van der Waals surface area contributed by atoms with E-state index in [4.69, 9.17) is 5.73 Å².